The molecular weight excluding hydrogens is 435 g/mol. The largest absolute Gasteiger partial charge is 0.467 e. The molecule has 1 aliphatic heterocycles. The molecule has 0 radical (unpaired) electrons. The van der Waals surface area contributed by atoms with E-state index in [1.807, 2.05) is 41.0 Å². The van der Waals surface area contributed by atoms with Gasteiger partial charge in [-0.3, -0.25) is 4.79 Å². The first-order valence-corrected chi connectivity index (χ1v) is 11.1. The SMILES string of the molecule is CCOC(=O)C1=CN(C(=O)c2ccc(F)cc2)CCc2c1n(Cc1ccco1)c1ccccc21. The highest BCUT2D eigenvalue weighted by Crippen LogP contribution is 2.35. The fraction of sp³-hybridized carbons (Fsp3) is 0.185. The first-order chi connectivity index (χ1) is 16.6. The molecule has 2 aromatic carbocycles. The molecule has 34 heavy (non-hydrogen) atoms. The van der Waals surface area contributed by atoms with Crippen LogP contribution in [0.15, 0.2) is 77.5 Å². The van der Waals surface area contributed by atoms with Crippen molar-refractivity contribution in [2.45, 2.75) is 19.9 Å². The molecule has 4 aromatic rings. The van der Waals surface area contributed by atoms with Gasteiger partial charge >= 0.3 is 5.97 Å². The number of nitrogens with zero attached hydrogens (tertiary/aromatic N) is 2. The highest BCUT2D eigenvalue weighted by molar-refractivity contribution is 6.18. The summed E-state index contributed by atoms with van der Waals surface area (Å²) < 4.78 is 26.4. The summed E-state index contributed by atoms with van der Waals surface area (Å²) in [4.78, 5) is 27.9. The lowest BCUT2D eigenvalue weighted by Crippen LogP contribution is -2.28. The van der Waals surface area contributed by atoms with E-state index < -0.39 is 11.8 Å². The fourth-order valence-electron chi connectivity index (χ4n) is 4.45. The van der Waals surface area contributed by atoms with Gasteiger partial charge in [0.25, 0.3) is 5.91 Å². The second-order valence-electron chi connectivity index (χ2n) is 8.03. The number of furan rings is 1. The number of benzene rings is 2. The number of esters is 1. The van der Waals surface area contributed by atoms with Crippen molar-refractivity contribution < 1.29 is 23.1 Å². The molecule has 7 heteroatoms. The van der Waals surface area contributed by atoms with Gasteiger partial charge in [-0.1, -0.05) is 18.2 Å². The van der Waals surface area contributed by atoms with E-state index in [-0.39, 0.29) is 12.5 Å². The monoisotopic (exact) mass is 458 g/mol. The molecule has 0 bridgehead atoms. The molecule has 1 amide bonds. The topological polar surface area (TPSA) is 64.7 Å². The molecule has 172 valence electrons. The van der Waals surface area contributed by atoms with E-state index >= 15 is 0 Å². The van der Waals surface area contributed by atoms with Crippen molar-refractivity contribution in [1.82, 2.24) is 9.47 Å². The smallest absolute Gasteiger partial charge is 0.341 e. The first kappa shape index (κ1) is 21.7. The molecule has 3 heterocycles. The summed E-state index contributed by atoms with van der Waals surface area (Å²) in [5, 5.41) is 1.01. The van der Waals surface area contributed by atoms with Gasteiger partial charge in [-0.25, -0.2) is 9.18 Å². The van der Waals surface area contributed by atoms with Crippen molar-refractivity contribution in [2.75, 3.05) is 13.2 Å². The van der Waals surface area contributed by atoms with Crippen molar-refractivity contribution in [3.63, 3.8) is 0 Å². The maximum Gasteiger partial charge on any atom is 0.341 e. The molecule has 2 aromatic heterocycles. The molecule has 0 fully saturated rings. The number of halogens is 1. The van der Waals surface area contributed by atoms with Crippen LogP contribution >= 0.6 is 0 Å². The quantitative estimate of drug-likeness (QED) is 0.394. The Labute approximate surface area is 195 Å². The third kappa shape index (κ3) is 3.90. The van der Waals surface area contributed by atoms with Crippen LogP contribution in [0.4, 0.5) is 4.39 Å². The van der Waals surface area contributed by atoms with Gasteiger partial charge in [0.2, 0.25) is 0 Å². The molecule has 0 N–H and O–H groups in total. The number of ether oxygens (including phenoxy) is 1. The number of carbonyl (C=O) groups is 2. The number of hydrogen-bond donors (Lipinski definition) is 0. The summed E-state index contributed by atoms with van der Waals surface area (Å²) in [6, 6.07) is 17.0. The van der Waals surface area contributed by atoms with E-state index in [0.717, 1.165) is 22.2 Å². The van der Waals surface area contributed by atoms with Gasteiger partial charge in [-0.2, -0.15) is 0 Å². The summed E-state index contributed by atoms with van der Waals surface area (Å²) in [5.41, 5.74) is 3.29. The third-order valence-corrected chi connectivity index (χ3v) is 5.96. The Bertz CT molecular complexity index is 1380. The van der Waals surface area contributed by atoms with Crippen LogP contribution in [0.3, 0.4) is 0 Å². The minimum atomic E-state index is -0.508. The molecule has 6 nitrogen and oxygen atoms in total. The molecule has 0 saturated heterocycles. The number of para-hydroxylation sites is 1. The Morgan fingerprint density at radius 1 is 1.06 bits per heavy atom. The van der Waals surface area contributed by atoms with Gasteiger partial charge in [0.1, 0.15) is 11.6 Å². The number of amides is 1. The van der Waals surface area contributed by atoms with Crippen LogP contribution in [0.1, 0.15) is 34.3 Å². The molecule has 0 atom stereocenters. The van der Waals surface area contributed by atoms with E-state index in [1.165, 1.54) is 29.2 Å². The van der Waals surface area contributed by atoms with Crippen LogP contribution in [0.2, 0.25) is 0 Å². The second-order valence-corrected chi connectivity index (χ2v) is 8.03. The van der Waals surface area contributed by atoms with E-state index in [4.69, 9.17) is 9.15 Å². The predicted octanol–water partition coefficient (Wildman–Crippen LogP) is 5.02. The predicted molar refractivity (Wildman–Crippen MR) is 125 cm³/mol. The number of hydrogen-bond acceptors (Lipinski definition) is 4. The lowest BCUT2D eigenvalue weighted by atomic mass is 10.0. The van der Waals surface area contributed by atoms with E-state index in [2.05, 4.69) is 0 Å². The zero-order chi connectivity index (χ0) is 23.7. The molecular formula is C27H23FN2O4. The Morgan fingerprint density at radius 3 is 2.59 bits per heavy atom. The van der Waals surface area contributed by atoms with Crippen molar-refractivity contribution in [3.05, 3.63) is 102 Å². The molecule has 5 rings (SSSR count). The number of carbonyl (C=O) groups excluding carboxylic acids is 2. The lowest BCUT2D eigenvalue weighted by Gasteiger charge is -2.18. The maximum absolute atomic E-state index is 13.4. The van der Waals surface area contributed by atoms with Crippen LogP contribution in [0.5, 0.6) is 0 Å². The van der Waals surface area contributed by atoms with E-state index in [0.29, 0.717) is 36.3 Å². The minimum absolute atomic E-state index is 0.204. The van der Waals surface area contributed by atoms with Gasteiger partial charge in [-0.15, -0.1) is 0 Å². The summed E-state index contributed by atoms with van der Waals surface area (Å²) in [6.45, 7) is 2.73. The summed E-state index contributed by atoms with van der Waals surface area (Å²) in [7, 11) is 0. The number of fused-ring (bicyclic) bond motifs is 3. The van der Waals surface area contributed by atoms with Crippen LogP contribution in [-0.4, -0.2) is 34.5 Å². The Balaban J connectivity index is 1.67. The van der Waals surface area contributed by atoms with Crippen LogP contribution < -0.4 is 0 Å². The van der Waals surface area contributed by atoms with Crippen molar-refractivity contribution >= 4 is 28.4 Å². The molecule has 0 spiro atoms. The van der Waals surface area contributed by atoms with E-state index in [9.17, 15) is 14.0 Å². The van der Waals surface area contributed by atoms with Gasteiger partial charge < -0.3 is 18.6 Å². The molecule has 0 saturated carbocycles. The molecule has 1 aliphatic rings. The van der Waals surface area contributed by atoms with Crippen LogP contribution in [0.25, 0.3) is 16.5 Å². The zero-order valence-electron chi connectivity index (χ0n) is 18.7. The van der Waals surface area contributed by atoms with Crippen LogP contribution in [0, 0.1) is 5.82 Å². The highest BCUT2D eigenvalue weighted by atomic mass is 19.1. The summed E-state index contributed by atoms with van der Waals surface area (Å²) in [5.74, 6) is -0.490. The number of rotatable bonds is 5. The van der Waals surface area contributed by atoms with Crippen molar-refractivity contribution in [3.8, 4) is 0 Å². The standard InChI is InChI=1S/C27H23FN2O4/c1-2-33-27(32)23-17-29(26(31)18-9-11-19(28)12-10-18)14-13-22-21-7-3-4-8-24(21)30(25(22)23)16-20-6-5-15-34-20/h3-12,15,17H,2,13-14,16H2,1H3. The van der Waals surface area contributed by atoms with E-state index in [1.54, 1.807) is 19.4 Å². The van der Waals surface area contributed by atoms with Gasteiger partial charge in [-0.05, 0) is 61.4 Å². The summed E-state index contributed by atoms with van der Waals surface area (Å²) in [6.07, 6.45) is 3.71. The van der Waals surface area contributed by atoms with Crippen molar-refractivity contribution in [1.29, 1.82) is 0 Å². The summed E-state index contributed by atoms with van der Waals surface area (Å²) >= 11 is 0. The number of aromatic nitrogens is 1. The Kier molecular flexibility index (Phi) is 5.76. The molecule has 0 aliphatic carbocycles. The zero-order valence-corrected chi connectivity index (χ0v) is 18.7. The molecule has 0 unspecified atom stereocenters. The maximum atomic E-state index is 13.4. The third-order valence-electron chi connectivity index (χ3n) is 5.96. The average molecular weight is 458 g/mol. The van der Waals surface area contributed by atoms with Crippen molar-refractivity contribution in [2.24, 2.45) is 0 Å². The lowest BCUT2D eigenvalue weighted by molar-refractivity contribution is -0.136. The van der Waals surface area contributed by atoms with Crippen LogP contribution in [-0.2, 0) is 22.5 Å². The normalized spacial score (nSPS) is 13.4. The van der Waals surface area contributed by atoms with Gasteiger partial charge in [0.15, 0.2) is 0 Å². The Morgan fingerprint density at radius 2 is 1.85 bits per heavy atom. The fourth-order valence-corrected chi connectivity index (χ4v) is 4.45. The average Bonchev–Trinajstić information content (AvgIpc) is 3.41. The van der Waals surface area contributed by atoms with Gasteiger partial charge in [0.05, 0.1) is 30.7 Å². The first-order valence-electron chi connectivity index (χ1n) is 11.1. The highest BCUT2D eigenvalue weighted by Gasteiger charge is 2.30. The van der Waals surface area contributed by atoms with Gasteiger partial charge in [0, 0.05) is 29.2 Å². The second kappa shape index (κ2) is 9.02. The minimum Gasteiger partial charge on any atom is -0.467 e. The Hall–Kier alpha value is -4.13.